The summed E-state index contributed by atoms with van der Waals surface area (Å²) in [5.74, 6) is 0.820. The van der Waals surface area contributed by atoms with E-state index in [2.05, 4.69) is 32.6 Å². The van der Waals surface area contributed by atoms with Gasteiger partial charge in [0.1, 0.15) is 0 Å². The molecule has 0 bridgehead atoms. The molecule has 4 atom stereocenters. The number of nitrogens with two attached hydrogens (primary N) is 1. The van der Waals surface area contributed by atoms with E-state index in [9.17, 15) is 0 Å². The first-order valence-corrected chi connectivity index (χ1v) is 7.05. The van der Waals surface area contributed by atoms with E-state index in [1.165, 1.54) is 19.3 Å². The highest BCUT2D eigenvalue weighted by Crippen LogP contribution is 2.30. The van der Waals surface area contributed by atoms with Crippen LogP contribution in [0, 0.1) is 5.92 Å². The smallest absolute Gasteiger partial charge is 0.0757 e. The molecule has 17 heavy (non-hydrogen) atoms. The van der Waals surface area contributed by atoms with Gasteiger partial charge in [0.15, 0.2) is 0 Å². The SMILES string of the molecule is CC1CCC(N)C(N2CC(C)OC(C)(C)C2)C1. The zero-order valence-electron chi connectivity index (χ0n) is 11.8. The summed E-state index contributed by atoms with van der Waals surface area (Å²) in [4.78, 5) is 2.58. The zero-order valence-corrected chi connectivity index (χ0v) is 11.8. The molecule has 2 N–H and O–H groups in total. The minimum atomic E-state index is -0.0297. The molecule has 3 heteroatoms. The molecule has 1 aliphatic heterocycles. The van der Waals surface area contributed by atoms with Crippen LogP contribution in [-0.4, -0.2) is 41.8 Å². The molecule has 1 saturated heterocycles. The Morgan fingerprint density at radius 3 is 2.59 bits per heavy atom. The Morgan fingerprint density at radius 1 is 1.24 bits per heavy atom. The van der Waals surface area contributed by atoms with E-state index in [0.29, 0.717) is 18.2 Å². The monoisotopic (exact) mass is 240 g/mol. The second-order valence-corrected chi connectivity index (χ2v) is 6.77. The van der Waals surface area contributed by atoms with Crippen molar-refractivity contribution in [2.45, 2.75) is 70.7 Å². The second-order valence-electron chi connectivity index (χ2n) is 6.77. The lowest BCUT2D eigenvalue weighted by Crippen LogP contribution is -2.60. The van der Waals surface area contributed by atoms with E-state index >= 15 is 0 Å². The Hall–Kier alpha value is -0.120. The third kappa shape index (κ3) is 3.21. The molecule has 4 unspecified atom stereocenters. The van der Waals surface area contributed by atoms with Gasteiger partial charge in [0.2, 0.25) is 0 Å². The number of hydrogen-bond donors (Lipinski definition) is 1. The fourth-order valence-electron chi connectivity index (χ4n) is 3.55. The average molecular weight is 240 g/mol. The van der Waals surface area contributed by atoms with Crippen LogP contribution < -0.4 is 5.73 Å². The first-order chi connectivity index (χ1) is 7.87. The molecular formula is C14H28N2O. The normalized spacial score (nSPS) is 43.6. The predicted octanol–water partition coefficient (Wildman–Crippen LogP) is 2.00. The first-order valence-electron chi connectivity index (χ1n) is 7.05. The number of morpholine rings is 1. The van der Waals surface area contributed by atoms with Gasteiger partial charge in [-0.25, -0.2) is 0 Å². The van der Waals surface area contributed by atoms with Crippen molar-refractivity contribution >= 4 is 0 Å². The standard InChI is InChI=1S/C14H28N2O/c1-10-5-6-12(15)13(7-10)16-8-11(2)17-14(3,4)9-16/h10-13H,5-9,15H2,1-4H3. The van der Waals surface area contributed by atoms with Gasteiger partial charge in [0, 0.05) is 25.2 Å². The van der Waals surface area contributed by atoms with Crippen LogP contribution >= 0.6 is 0 Å². The molecule has 2 aliphatic rings. The maximum atomic E-state index is 6.32. The fourth-order valence-corrected chi connectivity index (χ4v) is 3.55. The van der Waals surface area contributed by atoms with Crippen molar-refractivity contribution in [1.29, 1.82) is 0 Å². The molecule has 3 nitrogen and oxygen atoms in total. The van der Waals surface area contributed by atoms with Crippen LogP contribution in [0.2, 0.25) is 0 Å². The van der Waals surface area contributed by atoms with Gasteiger partial charge in [-0.1, -0.05) is 6.92 Å². The average Bonchev–Trinajstić information content (AvgIpc) is 2.18. The first kappa shape index (κ1) is 13.3. The maximum Gasteiger partial charge on any atom is 0.0757 e. The minimum absolute atomic E-state index is 0.0297. The van der Waals surface area contributed by atoms with Crippen LogP contribution in [0.3, 0.4) is 0 Å². The fraction of sp³-hybridized carbons (Fsp3) is 1.00. The van der Waals surface area contributed by atoms with Gasteiger partial charge in [0.25, 0.3) is 0 Å². The second kappa shape index (κ2) is 4.87. The summed E-state index contributed by atoms with van der Waals surface area (Å²) in [5.41, 5.74) is 6.29. The quantitative estimate of drug-likeness (QED) is 0.762. The number of hydrogen-bond acceptors (Lipinski definition) is 3. The molecular weight excluding hydrogens is 212 g/mol. The molecule has 0 aromatic carbocycles. The van der Waals surface area contributed by atoms with E-state index in [1.807, 2.05) is 0 Å². The van der Waals surface area contributed by atoms with Gasteiger partial charge in [0.05, 0.1) is 11.7 Å². The lowest BCUT2D eigenvalue weighted by Gasteiger charge is -2.48. The van der Waals surface area contributed by atoms with Crippen molar-refractivity contribution in [3.05, 3.63) is 0 Å². The van der Waals surface area contributed by atoms with E-state index in [1.54, 1.807) is 0 Å². The van der Waals surface area contributed by atoms with Crippen LogP contribution in [0.1, 0.15) is 47.0 Å². The summed E-state index contributed by atoms with van der Waals surface area (Å²) in [6.45, 7) is 11.0. The molecule has 0 amide bonds. The van der Waals surface area contributed by atoms with Gasteiger partial charge in [-0.05, 0) is 46.0 Å². The number of ether oxygens (including phenoxy) is 1. The summed E-state index contributed by atoms with van der Waals surface area (Å²) in [5, 5.41) is 0. The Bertz CT molecular complexity index is 267. The molecule has 1 aliphatic carbocycles. The third-order valence-electron chi connectivity index (χ3n) is 4.20. The summed E-state index contributed by atoms with van der Waals surface area (Å²) in [6, 6.07) is 0.914. The predicted molar refractivity (Wildman–Crippen MR) is 71.0 cm³/mol. The molecule has 2 rings (SSSR count). The van der Waals surface area contributed by atoms with Crippen molar-refractivity contribution in [3.8, 4) is 0 Å². The van der Waals surface area contributed by atoms with Crippen molar-refractivity contribution in [2.24, 2.45) is 11.7 Å². The van der Waals surface area contributed by atoms with Crippen molar-refractivity contribution in [3.63, 3.8) is 0 Å². The van der Waals surface area contributed by atoms with Crippen molar-refractivity contribution in [2.75, 3.05) is 13.1 Å². The van der Waals surface area contributed by atoms with Crippen LogP contribution in [0.4, 0.5) is 0 Å². The highest BCUT2D eigenvalue weighted by molar-refractivity contribution is 4.93. The molecule has 0 aromatic rings. The van der Waals surface area contributed by atoms with Gasteiger partial charge in [-0.3, -0.25) is 4.90 Å². The summed E-state index contributed by atoms with van der Waals surface area (Å²) in [7, 11) is 0. The Kier molecular flexibility index (Phi) is 3.81. The largest absolute Gasteiger partial charge is 0.370 e. The van der Waals surface area contributed by atoms with Crippen molar-refractivity contribution < 1.29 is 4.74 Å². The van der Waals surface area contributed by atoms with Crippen LogP contribution in [0.15, 0.2) is 0 Å². The van der Waals surface area contributed by atoms with Gasteiger partial charge < -0.3 is 10.5 Å². The number of nitrogens with zero attached hydrogens (tertiary/aromatic N) is 1. The Labute approximate surface area is 106 Å². The Balaban J connectivity index is 2.04. The molecule has 0 radical (unpaired) electrons. The Morgan fingerprint density at radius 2 is 1.94 bits per heavy atom. The topological polar surface area (TPSA) is 38.5 Å². The van der Waals surface area contributed by atoms with E-state index < -0.39 is 0 Å². The summed E-state index contributed by atoms with van der Waals surface area (Å²) < 4.78 is 5.97. The van der Waals surface area contributed by atoms with Gasteiger partial charge in [-0.2, -0.15) is 0 Å². The molecule has 0 spiro atoms. The van der Waals surface area contributed by atoms with E-state index in [4.69, 9.17) is 10.5 Å². The molecule has 1 saturated carbocycles. The van der Waals surface area contributed by atoms with Crippen LogP contribution in [-0.2, 0) is 4.74 Å². The summed E-state index contributed by atoms with van der Waals surface area (Å²) >= 11 is 0. The van der Waals surface area contributed by atoms with Crippen molar-refractivity contribution in [1.82, 2.24) is 4.90 Å². The summed E-state index contributed by atoms with van der Waals surface area (Å²) in [6.07, 6.45) is 4.05. The molecule has 100 valence electrons. The zero-order chi connectivity index (χ0) is 12.6. The molecule has 0 aromatic heterocycles. The number of rotatable bonds is 1. The highest BCUT2D eigenvalue weighted by Gasteiger charge is 2.38. The molecule has 1 heterocycles. The van der Waals surface area contributed by atoms with Gasteiger partial charge in [-0.15, -0.1) is 0 Å². The lowest BCUT2D eigenvalue weighted by molar-refractivity contribution is -0.142. The third-order valence-corrected chi connectivity index (χ3v) is 4.20. The van der Waals surface area contributed by atoms with Crippen LogP contribution in [0.5, 0.6) is 0 Å². The lowest BCUT2D eigenvalue weighted by atomic mass is 9.82. The maximum absolute atomic E-state index is 6.32. The van der Waals surface area contributed by atoms with Gasteiger partial charge >= 0.3 is 0 Å². The van der Waals surface area contributed by atoms with E-state index in [-0.39, 0.29) is 5.60 Å². The highest BCUT2D eigenvalue weighted by atomic mass is 16.5. The minimum Gasteiger partial charge on any atom is -0.370 e. The van der Waals surface area contributed by atoms with E-state index in [0.717, 1.165) is 19.0 Å². The van der Waals surface area contributed by atoms with Crippen LogP contribution in [0.25, 0.3) is 0 Å². The molecule has 2 fully saturated rings.